The van der Waals surface area contributed by atoms with Crippen LogP contribution < -0.4 is 0 Å². The van der Waals surface area contributed by atoms with Gasteiger partial charge in [-0.2, -0.15) is 0 Å². The fourth-order valence-corrected chi connectivity index (χ4v) is 8.88. The summed E-state index contributed by atoms with van der Waals surface area (Å²) in [5.41, 5.74) is 15.6. The maximum atomic E-state index is 12.4. The number of rotatable bonds is 36. The standard InChI is InChI=1S/C61H101O9P/c1-46(2)23-13-24-47(3)25-14-26-48(4)27-15-28-49(5)29-16-30-50(6)31-17-32-51(7)33-18-34-52(8)35-19-36-53(9)37-20-38-54(10)39-21-40-55(11)41-22-42-56(12)43-44-68-71(66,67)70-61-60(65)59(64)58(63)57(45-62)69-61/h23,25,27,29,31,33,35,37,39,41,43,57-65H,13-22,24,26,28,30,32,34,36,38,40,42,44-45H2,1-12H3,(H,66,67)/b47-25+,48-27+,49-29+,50-31+,51-33+,52-35+,53-37+,54-39+,55-41+,56-43+/t57-,58-,59+,60+,61?/m1/s1. The van der Waals surface area contributed by atoms with Gasteiger partial charge in [0, 0.05) is 0 Å². The second-order valence-corrected chi connectivity index (χ2v) is 22.1. The highest BCUT2D eigenvalue weighted by atomic mass is 31.2. The highest BCUT2D eigenvalue weighted by Crippen LogP contribution is 2.46. The maximum Gasteiger partial charge on any atom is 0.474 e. The van der Waals surface area contributed by atoms with Crippen molar-refractivity contribution in [2.24, 2.45) is 0 Å². The van der Waals surface area contributed by atoms with Crippen LogP contribution in [0.1, 0.15) is 212 Å². The summed E-state index contributed by atoms with van der Waals surface area (Å²) >= 11 is 0. The molecule has 9 nitrogen and oxygen atoms in total. The molecule has 1 aliphatic heterocycles. The highest BCUT2D eigenvalue weighted by molar-refractivity contribution is 7.47. The first-order chi connectivity index (χ1) is 33.6. The van der Waals surface area contributed by atoms with E-state index < -0.39 is 45.1 Å². The summed E-state index contributed by atoms with van der Waals surface area (Å²) in [5.74, 6) is 0. The molecule has 5 N–H and O–H groups in total. The summed E-state index contributed by atoms with van der Waals surface area (Å²) in [4.78, 5) is 10.1. The van der Waals surface area contributed by atoms with Crippen LogP contribution in [0.15, 0.2) is 128 Å². The number of ether oxygens (including phenoxy) is 1. The monoisotopic (exact) mass is 1010 g/mol. The fraction of sp³-hybridized carbons (Fsp3) is 0.639. The molecular weight excluding hydrogens is 908 g/mol. The quantitative estimate of drug-likeness (QED) is 0.0306. The molecule has 0 aromatic rings. The number of hydrogen-bond donors (Lipinski definition) is 5. The molecule has 71 heavy (non-hydrogen) atoms. The molecule has 2 unspecified atom stereocenters. The molecule has 1 aliphatic rings. The van der Waals surface area contributed by atoms with Gasteiger partial charge in [-0.3, -0.25) is 9.05 Å². The molecule has 0 bridgehead atoms. The van der Waals surface area contributed by atoms with Crippen LogP contribution in [-0.4, -0.2) is 69.2 Å². The zero-order valence-electron chi connectivity index (χ0n) is 46.6. The van der Waals surface area contributed by atoms with Crippen molar-refractivity contribution in [3.05, 3.63) is 128 Å². The molecule has 0 spiro atoms. The van der Waals surface area contributed by atoms with Gasteiger partial charge in [0.25, 0.3) is 0 Å². The Hall–Kier alpha value is -2.95. The first-order valence-corrected chi connectivity index (χ1v) is 28.3. The van der Waals surface area contributed by atoms with Gasteiger partial charge < -0.3 is 30.1 Å². The average Bonchev–Trinajstić information content (AvgIpc) is 3.29. The Bertz CT molecular complexity index is 1930. The third kappa shape index (κ3) is 34.2. The van der Waals surface area contributed by atoms with E-state index >= 15 is 0 Å². The lowest BCUT2D eigenvalue weighted by atomic mass is 10.00. The summed E-state index contributed by atoms with van der Waals surface area (Å²) in [5, 5.41) is 39.1. The average molecular weight is 1010 g/mol. The van der Waals surface area contributed by atoms with Crippen LogP contribution >= 0.6 is 7.82 Å². The van der Waals surface area contributed by atoms with Crippen molar-refractivity contribution in [3.63, 3.8) is 0 Å². The van der Waals surface area contributed by atoms with Gasteiger partial charge in [-0.1, -0.05) is 128 Å². The van der Waals surface area contributed by atoms with Gasteiger partial charge in [0.15, 0.2) is 6.29 Å². The van der Waals surface area contributed by atoms with E-state index in [2.05, 4.69) is 137 Å². The van der Waals surface area contributed by atoms with Crippen LogP contribution in [0.4, 0.5) is 0 Å². The molecule has 1 saturated heterocycles. The first-order valence-electron chi connectivity index (χ1n) is 26.8. The summed E-state index contributed by atoms with van der Waals surface area (Å²) in [6, 6.07) is 0. The molecule has 0 aromatic heterocycles. The zero-order chi connectivity index (χ0) is 53.2. The van der Waals surface area contributed by atoms with E-state index in [-0.39, 0.29) is 6.61 Å². The molecular formula is C61H101O9P. The third-order valence-electron chi connectivity index (χ3n) is 13.1. The lowest BCUT2D eigenvalue weighted by Gasteiger charge is -2.39. The van der Waals surface area contributed by atoms with Gasteiger partial charge in [0.05, 0.1) is 13.2 Å². The largest absolute Gasteiger partial charge is 0.474 e. The van der Waals surface area contributed by atoms with Gasteiger partial charge in [-0.15, -0.1) is 0 Å². The van der Waals surface area contributed by atoms with Crippen molar-refractivity contribution < 1.29 is 43.7 Å². The molecule has 0 aliphatic carbocycles. The van der Waals surface area contributed by atoms with E-state index in [0.717, 1.165) is 121 Å². The zero-order valence-corrected chi connectivity index (χ0v) is 47.5. The SMILES string of the molecule is CC(C)=CCC/C(C)=C/CC/C(C)=C/CC/C(C)=C/CC/C(C)=C/CC/C(C)=C/CC/C(C)=C/CC/C(C)=C/CC/C(C)=C/CC/C(C)=C/CC/C(C)=C/COP(=O)(O)OC1O[C@H](CO)[C@@H](O)[C@H](O)[C@@H]1O. The number of aliphatic hydroxyl groups is 4. The van der Waals surface area contributed by atoms with Gasteiger partial charge in [-0.25, -0.2) is 4.57 Å². The van der Waals surface area contributed by atoms with Crippen molar-refractivity contribution in [2.45, 2.75) is 242 Å². The molecule has 6 atom stereocenters. The van der Waals surface area contributed by atoms with Crippen LogP contribution in [0.3, 0.4) is 0 Å². The van der Waals surface area contributed by atoms with E-state index in [1.54, 1.807) is 6.08 Å². The minimum atomic E-state index is -4.67. The Balaban J connectivity index is 2.26. The molecule has 1 fully saturated rings. The van der Waals surface area contributed by atoms with Gasteiger partial charge >= 0.3 is 7.82 Å². The third-order valence-corrected chi connectivity index (χ3v) is 14.1. The van der Waals surface area contributed by atoms with Crippen LogP contribution in [0.2, 0.25) is 0 Å². The summed E-state index contributed by atoms with van der Waals surface area (Å²) < 4.78 is 27.4. The smallest absolute Gasteiger partial charge is 0.394 e. The van der Waals surface area contributed by atoms with E-state index in [1.165, 1.54) is 68.6 Å². The van der Waals surface area contributed by atoms with Crippen molar-refractivity contribution in [2.75, 3.05) is 13.2 Å². The minimum absolute atomic E-state index is 0.207. The Morgan fingerprint density at radius 1 is 0.408 bits per heavy atom. The first kappa shape index (κ1) is 66.1. The topological polar surface area (TPSA) is 146 Å². The summed E-state index contributed by atoms with van der Waals surface area (Å²) in [7, 11) is -4.67. The van der Waals surface area contributed by atoms with Crippen LogP contribution in [0, 0.1) is 0 Å². The molecule has 10 heteroatoms. The summed E-state index contributed by atoms with van der Waals surface area (Å²) in [6.07, 6.45) is 39.1. The highest BCUT2D eigenvalue weighted by Gasteiger charge is 2.46. The van der Waals surface area contributed by atoms with Gasteiger partial charge in [-0.05, 0) is 212 Å². The molecule has 0 saturated carbocycles. The lowest BCUT2D eigenvalue weighted by Crippen LogP contribution is -2.58. The maximum absolute atomic E-state index is 12.4. The van der Waals surface area contributed by atoms with Crippen molar-refractivity contribution >= 4 is 7.82 Å². The molecule has 1 heterocycles. The number of allylic oxidation sites excluding steroid dienone is 21. The molecule has 404 valence electrons. The Labute approximate surface area is 433 Å². The normalized spacial score (nSPS) is 21.8. The minimum Gasteiger partial charge on any atom is -0.394 e. The Kier molecular flexibility index (Phi) is 35.9. The van der Waals surface area contributed by atoms with E-state index in [4.69, 9.17) is 13.8 Å². The van der Waals surface area contributed by atoms with Crippen molar-refractivity contribution in [1.29, 1.82) is 0 Å². The lowest BCUT2D eigenvalue weighted by molar-refractivity contribution is -0.281. The Morgan fingerprint density at radius 3 is 0.915 bits per heavy atom. The second kappa shape index (κ2) is 38.6. The van der Waals surface area contributed by atoms with Crippen LogP contribution in [0.25, 0.3) is 0 Å². The molecule has 0 aromatic carbocycles. The van der Waals surface area contributed by atoms with E-state index in [9.17, 15) is 29.9 Å². The number of phosphoric acid groups is 1. The molecule has 1 rings (SSSR count). The number of hydrogen-bond acceptors (Lipinski definition) is 8. The van der Waals surface area contributed by atoms with Crippen molar-refractivity contribution in [3.8, 4) is 0 Å². The van der Waals surface area contributed by atoms with Crippen LogP contribution in [0.5, 0.6) is 0 Å². The van der Waals surface area contributed by atoms with E-state index in [1.807, 2.05) is 6.92 Å². The van der Waals surface area contributed by atoms with Gasteiger partial charge in [0.2, 0.25) is 0 Å². The van der Waals surface area contributed by atoms with Crippen LogP contribution in [-0.2, 0) is 18.3 Å². The number of aliphatic hydroxyl groups excluding tert-OH is 4. The molecule has 0 amide bonds. The van der Waals surface area contributed by atoms with E-state index in [0.29, 0.717) is 0 Å². The summed E-state index contributed by atoms with van der Waals surface area (Å²) in [6.45, 7) is 25.7. The number of phosphoric ester groups is 1. The predicted octanol–water partition coefficient (Wildman–Crippen LogP) is 16.2. The fourth-order valence-electron chi connectivity index (χ4n) is 8.12. The second-order valence-electron chi connectivity index (χ2n) is 20.7. The molecule has 0 radical (unpaired) electrons. The Morgan fingerprint density at radius 2 is 0.662 bits per heavy atom. The predicted molar refractivity (Wildman–Crippen MR) is 300 cm³/mol. The van der Waals surface area contributed by atoms with Gasteiger partial charge in [0.1, 0.15) is 24.4 Å². The van der Waals surface area contributed by atoms with Crippen molar-refractivity contribution in [1.82, 2.24) is 0 Å².